The highest BCUT2D eigenvalue weighted by Crippen LogP contribution is 2.32. The van der Waals surface area contributed by atoms with Crippen molar-refractivity contribution in [2.45, 2.75) is 39.2 Å². The molecule has 0 N–H and O–H groups in total. The Morgan fingerprint density at radius 1 is 1.18 bits per heavy atom. The van der Waals surface area contributed by atoms with Gasteiger partial charge in [-0.3, -0.25) is 9.48 Å². The number of likely N-dealkylation sites (tertiary alicyclic amines) is 1. The molecular formula is C22H27N5O. The van der Waals surface area contributed by atoms with Gasteiger partial charge < -0.3 is 9.47 Å². The molecule has 0 spiro atoms. The van der Waals surface area contributed by atoms with Gasteiger partial charge in [0, 0.05) is 50.4 Å². The third-order valence-electron chi connectivity index (χ3n) is 6.28. The second kappa shape index (κ2) is 6.76. The van der Waals surface area contributed by atoms with Gasteiger partial charge in [-0.25, -0.2) is 4.98 Å². The largest absolute Gasteiger partial charge is 0.337 e. The molecular weight excluding hydrogens is 350 g/mol. The quantitative estimate of drug-likeness (QED) is 0.686. The third-order valence-corrected chi connectivity index (χ3v) is 6.28. The fourth-order valence-corrected chi connectivity index (χ4v) is 4.45. The van der Waals surface area contributed by atoms with Gasteiger partial charge in [-0.2, -0.15) is 5.10 Å². The summed E-state index contributed by atoms with van der Waals surface area (Å²) in [5, 5.41) is 5.45. The summed E-state index contributed by atoms with van der Waals surface area (Å²) in [7, 11) is 1.90. The van der Waals surface area contributed by atoms with Crippen LogP contribution in [0.4, 0.5) is 0 Å². The number of rotatable bonds is 5. The Morgan fingerprint density at radius 3 is 2.82 bits per heavy atom. The van der Waals surface area contributed by atoms with Crippen molar-refractivity contribution < 1.29 is 4.79 Å². The summed E-state index contributed by atoms with van der Waals surface area (Å²) < 4.78 is 4.20. The number of amides is 1. The summed E-state index contributed by atoms with van der Waals surface area (Å²) in [5.74, 6) is 2.55. The summed E-state index contributed by atoms with van der Waals surface area (Å²) in [6.45, 7) is 4.85. The smallest absolute Gasteiger partial charge is 0.275 e. The number of benzene rings is 1. The standard InChI is InChI=1S/C22H27N5O/c1-15-12-23-20(27(15)14-16-7-8-16)11-17-9-10-26(13-17)22(28)21-18-5-3-4-6-19(18)25(2)24-21/h3-6,12,16-17H,7-11,13-14H2,1-2H3. The first-order valence-electron chi connectivity index (χ1n) is 10.3. The summed E-state index contributed by atoms with van der Waals surface area (Å²) in [6.07, 6.45) is 6.68. The maximum Gasteiger partial charge on any atom is 0.275 e. The van der Waals surface area contributed by atoms with Crippen molar-refractivity contribution in [3.8, 4) is 0 Å². The molecule has 1 aliphatic carbocycles. The van der Waals surface area contributed by atoms with Gasteiger partial charge in [-0.1, -0.05) is 18.2 Å². The van der Waals surface area contributed by atoms with Crippen molar-refractivity contribution in [2.75, 3.05) is 13.1 Å². The first-order chi connectivity index (χ1) is 13.6. The van der Waals surface area contributed by atoms with Crippen LogP contribution in [0.1, 0.15) is 41.3 Å². The van der Waals surface area contributed by atoms with Gasteiger partial charge in [-0.05, 0) is 44.1 Å². The van der Waals surface area contributed by atoms with Crippen LogP contribution in [0.3, 0.4) is 0 Å². The highest BCUT2D eigenvalue weighted by molar-refractivity contribution is 6.04. The van der Waals surface area contributed by atoms with E-state index in [1.54, 1.807) is 4.68 Å². The third kappa shape index (κ3) is 3.11. The monoisotopic (exact) mass is 377 g/mol. The molecule has 1 unspecified atom stereocenters. The normalized spacial score (nSPS) is 19.6. The minimum atomic E-state index is 0.0526. The molecule has 1 aliphatic heterocycles. The number of imidazole rings is 1. The van der Waals surface area contributed by atoms with Crippen LogP contribution in [0.25, 0.3) is 10.9 Å². The molecule has 1 saturated heterocycles. The fraction of sp³-hybridized carbons (Fsp3) is 0.500. The Balaban J connectivity index is 1.30. The average Bonchev–Trinajstić information content (AvgIpc) is 3.14. The Labute approximate surface area is 165 Å². The topological polar surface area (TPSA) is 56.0 Å². The maximum absolute atomic E-state index is 13.1. The Hall–Kier alpha value is -2.63. The number of hydrogen-bond acceptors (Lipinski definition) is 3. The van der Waals surface area contributed by atoms with Crippen molar-refractivity contribution in [3.05, 3.63) is 47.7 Å². The minimum absolute atomic E-state index is 0.0526. The van der Waals surface area contributed by atoms with Crippen LogP contribution in [0.15, 0.2) is 30.5 Å². The van der Waals surface area contributed by atoms with Gasteiger partial charge in [0.25, 0.3) is 5.91 Å². The van der Waals surface area contributed by atoms with Crippen molar-refractivity contribution in [1.82, 2.24) is 24.2 Å². The molecule has 0 radical (unpaired) electrons. The molecule has 2 fully saturated rings. The highest BCUT2D eigenvalue weighted by Gasteiger charge is 2.31. The maximum atomic E-state index is 13.1. The molecule has 3 heterocycles. The van der Waals surface area contributed by atoms with E-state index in [-0.39, 0.29) is 5.91 Å². The predicted molar refractivity (Wildman–Crippen MR) is 108 cm³/mol. The van der Waals surface area contributed by atoms with Crippen molar-refractivity contribution >= 4 is 16.8 Å². The van der Waals surface area contributed by atoms with Crippen LogP contribution in [0.5, 0.6) is 0 Å². The molecule has 6 heteroatoms. The van der Waals surface area contributed by atoms with E-state index in [1.807, 2.05) is 42.4 Å². The summed E-state index contributed by atoms with van der Waals surface area (Å²) in [5.41, 5.74) is 2.83. The number of nitrogens with zero attached hydrogens (tertiary/aromatic N) is 5. The van der Waals surface area contributed by atoms with E-state index in [0.717, 1.165) is 49.3 Å². The van der Waals surface area contributed by atoms with E-state index in [0.29, 0.717) is 11.6 Å². The van der Waals surface area contributed by atoms with Crippen LogP contribution < -0.4 is 0 Å². The van der Waals surface area contributed by atoms with Gasteiger partial charge in [0.15, 0.2) is 5.69 Å². The molecule has 28 heavy (non-hydrogen) atoms. The second-order valence-corrected chi connectivity index (χ2v) is 8.47. The van der Waals surface area contributed by atoms with Crippen LogP contribution in [0, 0.1) is 18.8 Å². The molecule has 1 amide bonds. The molecule has 1 atom stereocenters. The Bertz CT molecular complexity index is 1030. The van der Waals surface area contributed by atoms with E-state index in [9.17, 15) is 4.79 Å². The van der Waals surface area contributed by atoms with E-state index in [4.69, 9.17) is 0 Å². The van der Waals surface area contributed by atoms with Gasteiger partial charge in [0.2, 0.25) is 0 Å². The van der Waals surface area contributed by atoms with Crippen molar-refractivity contribution in [2.24, 2.45) is 18.9 Å². The van der Waals surface area contributed by atoms with Crippen LogP contribution >= 0.6 is 0 Å². The lowest BCUT2D eigenvalue weighted by atomic mass is 10.0. The number of aryl methyl sites for hydroxylation is 2. The molecule has 1 aromatic carbocycles. The average molecular weight is 377 g/mol. The van der Waals surface area contributed by atoms with Gasteiger partial charge >= 0.3 is 0 Å². The lowest BCUT2D eigenvalue weighted by Gasteiger charge is -2.16. The zero-order valence-corrected chi connectivity index (χ0v) is 16.6. The first-order valence-corrected chi connectivity index (χ1v) is 10.3. The predicted octanol–water partition coefficient (Wildman–Crippen LogP) is 3.19. The van der Waals surface area contributed by atoms with Gasteiger partial charge in [0.05, 0.1) is 5.52 Å². The van der Waals surface area contributed by atoms with Crippen LogP contribution in [-0.2, 0) is 20.0 Å². The lowest BCUT2D eigenvalue weighted by Crippen LogP contribution is -2.29. The molecule has 0 bridgehead atoms. The Morgan fingerprint density at radius 2 is 2.00 bits per heavy atom. The molecule has 3 aromatic rings. The number of hydrogen-bond donors (Lipinski definition) is 0. The molecule has 146 valence electrons. The highest BCUT2D eigenvalue weighted by atomic mass is 16.2. The Kier molecular flexibility index (Phi) is 4.22. The molecule has 2 aromatic heterocycles. The molecule has 6 nitrogen and oxygen atoms in total. The lowest BCUT2D eigenvalue weighted by molar-refractivity contribution is 0.0782. The SMILES string of the molecule is Cc1cnc(CC2CCN(C(=O)c3nn(C)c4ccccc34)C2)n1CC1CC1. The van der Waals surface area contributed by atoms with Crippen molar-refractivity contribution in [1.29, 1.82) is 0 Å². The number of para-hydroxylation sites is 1. The van der Waals surface area contributed by atoms with E-state index in [1.165, 1.54) is 24.4 Å². The van der Waals surface area contributed by atoms with E-state index >= 15 is 0 Å². The number of carbonyl (C=O) groups excluding carboxylic acids is 1. The minimum Gasteiger partial charge on any atom is -0.337 e. The zero-order valence-electron chi connectivity index (χ0n) is 16.6. The molecule has 1 saturated carbocycles. The van der Waals surface area contributed by atoms with Crippen LogP contribution in [0.2, 0.25) is 0 Å². The number of aromatic nitrogens is 4. The number of carbonyl (C=O) groups is 1. The summed E-state index contributed by atoms with van der Waals surface area (Å²) in [6, 6.07) is 7.94. The van der Waals surface area contributed by atoms with Crippen LogP contribution in [-0.4, -0.2) is 43.2 Å². The summed E-state index contributed by atoms with van der Waals surface area (Å²) in [4.78, 5) is 19.8. The first kappa shape index (κ1) is 17.5. The van der Waals surface area contributed by atoms with Crippen molar-refractivity contribution in [3.63, 3.8) is 0 Å². The number of fused-ring (bicyclic) bond motifs is 1. The molecule has 5 rings (SSSR count). The van der Waals surface area contributed by atoms with E-state index < -0.39 is 0 Å². The van der Waals surface area contributed by atoms with E-state index in [2.05, 4.69) is 21.6 Å². The second-order valence-electron chi connectivity index (χ2n) is 8.47. The summed E-state index contributed by atoms with van der Waals surface area (Å²) >= 11 is 0. The van der Waals surface area contributed by atoms with Gasteiger partial charge in [-0.15, -0.1) is 0 Å². The zero-order chi connectivity index (χ0) is 19.3. The molecule has 2 aliphatic rings. The van der Waals surface area contributed by atoms with Gasteiger partial charge in [0.1, 0.15) is 5.82 Å². The fourth-order valence-electron chi connectivity index (χ4n) is 4.45.